The van der Waals surface area contributed by atoms with E-state index < -0.39 is 5.97 Å². The summed E-state index contributed by atoms with van der Waals surface area (Å²) in [5.74, 6) is 1.08. The largest absolute Gasteiger partial charge is 0.493 e. The number of carbonyl (C=O) groups excluding carboxylic acids is 1. The van der Waals surface area contributed by atoms with E-state index in [0.717, 1.165) is 0 Å². The summed E-state index contributed by atoms with van der Waals surface area (Å²) in [5.41, 5.74) is 1.76. The average molecular weight is 425 g/mol. The van der Waals surface area contributed by atoms with Crippen molar-refractivity contribution in [2.45, 2.75) is 13.5 Å². The van der Waals surface area contributed by atoms with Gasteiger partial charge in [0, 0.05) is 18.0 Å². The molecule has 0 N–H and O–H groups in total. The Kier molecular flexibility index (Phi) is 5.39. The second kappa shape index (κ2) is 8.30. The van der Waals surface area contributed by atoms with Gasteiger partial charge in [0.1, 0.15) is 5.56 Å². The Hall–Kier alpha value is -4.15. The van der Waals surface area contributed by atoms with Crippen LogP contribution in [-0.4, -0.2) is 52.1 Å². The zero-order valence-corrected chi connectivity index (χ0v) is 17.3. The standard InChI is InChI=1S/C20H19N5O6/c1-11-16(18-21-6-5-7-25(18)24-11)20(26)30-10-15-22-23-19(31-15)12-8-13(27-2)17(29-4)14(9-12)28-3/h5-9H,10H2,1-4H3. The highest BCUT2D eigenvalue weighted by Gasteiger charge is 2.21. The average Bonchev–Trinajstić information content (AvgIpc) is 3.40. The topological polar surface area (TPSA) is 123 Å². The molecule has 1 aromatic carbocycles. The summed E-state index contributed by atoms with van der Waals surface area (Å²) in [5, 5.41) is 12.2. The number of carbonyl (C=O) groups is 1. The molecule has 3 heterocycles. The molecule has 0 aliphatic carbocycles. The number of rotatable bonds is 7. The molecule has 0 atom stereocenters. The summed E-state index contributed by atoms with van der Waals surface area (Å²) in [6.45, 7) is 1.50. The number of nitrogens with zero attached hydrogens (tertiary/aromatic N) is 5. The SMILES string of the molecule is COc1cc(-c2nnc(COC(=O)c3c(C)nn4cccnc34)o2)cc(OC)c1OC. The fourth-order valence-corrected chi connectivity index (χ4v) is 3.07. The van der Waals surface area contributed by atoms with Crippen molar-refractivity contribution in [2.75, 3.05) is 21.3 Å². The van der Waals surface area contributed by atoms with Crippen LogP contribution in [0.5, 0.6) is 17.2 Å². The Balaban J connectivity index is 1.53. The van der Waals surface area contributed by atoms with Crippen molar-refractivity contribution >= 4 is 11.6 Å². The lowest BCUT2D eigenvalue weighted by molar-refractivity contribution is 0.0440. The van der Waals surface area contributed by atoms with Gasteiger partial charge in [0.2, 0.25) is 11.6 Å². The number of ether oxygens (including phenoxy) is 4. The van der Waals surface area contributed by atoms with Crippen molar-refractivity contribution < 1.29 is 28.2 Å². The first kappa shape index (κ1) is 20.1. The number of hydrogen-bond acceptors (Lipinski definition) is 10. The Bertz CT molecular complexity index is 1220. The lowest BCUT2D eigenvalue weighted by Gasteiger charge is -2.12. The van der Waals surface area contributed by atoms with Crippen molar-refractivity contribution in [3.63, 3.8) is 0 Å². The van der Waals surface area contributed by atoms with E-state index in [4.69, 9.17) is 23.4 Å². The van der Waals surface area contributed by atoms with E-state index in [2.05, 4.69) is 20.3 Å². The van der Waals surface area contributed by atoms with Crippen molar-refractivity contribution in [3.05, 3.63) is 47.7 Å². The van der Waals surface area contributed by atoms with Gasteiger partial charge in [-0.25, -0.2) is 14.3 Å². The number of fused-ring (bicyclic) bond motifs is 1. The minimum Gasteiger partial charge on any atom is -0.493 e. The quantitative estimate of drug-likeness (QED) is 0.408. The Morgan fingerprint density at radius 3 is 2.52 bits per heavy atom. The molecule has 11 heteroatoms. The van der Waals surface area contributed by atoms with Crippen LogP contribution in [-0.2, 0) is 11.3 Å². The molecule has 0 fully saturated rings. The summed E-state index contributed by atoms with van der Waals surface area (Å²) in [6.07, 6.45) is 3.28. The summed E-state index contributed by atoms with van der Waals surface area (Å²) >= 11 is 0. The van der Waals surface area contributed by atoms with Gasteiger partial charge in [0.15, 0.2) is 23.8 Å². The van der Waals surface area contributed by atoms with Gasteiger partial charge in [-0.3, -0.25) is 0 Å². The Morgan fingerprint density at radius 1 is 1.10 bits per heavy atom. The van der Waals surface area contributed by atoms with Crippen LogP contribution in [0.15, 0.2) is 35.0 Å². The maximum absolute atomic E-state index is 12.6. The van der Waals surface area contributed by atoms with Gasteiger partial charge < -0.3 is 23.4 Å². The minimum atomic E-state index is -0.585. The summed E-state index contributed by atoms with van der Waals surface area (Å²) < 4.78 is 28.5. The lowest BCUT2D eigenvalue weighted by atomic mass is 10.2. The smallest absolute Gasteiger partial charge is 0.344 e. The van der Waals surface area contributed by atoms with Crippen molar-refractivity contribution in [2.24, 2.45) is 0 Å². The first-order chi connectivity index (χ1) is 15.0. The highest BCUT2D eigenvalue weighted by molar-refractivity contribution is 5.97. The zero-order valence-electron chi connectivity index (χ0n) is 17.3. The van der Waals surface area contributed by atoms with Crippen LogP contribution in [0.2, 0.25) is 0 Å². The molecule has 0 amide bonds. The van der Waals surface area contributed by atoms with E-state index in [1.54, 1.807) is 37.5 Å². The molecule has 0 radical (unpaired) electrons. The molecule has 0 saturated heterocycles. The van der Waals surface area contributed by atoms with E-state index >= 15 is 0 Å². The second-order valence-electron chi connectivity index (χ2n) is 6.34. The van der Waals surface area contributed by atoms with Crippen LogP contribution in [0.1, 0.15) is 21.9 Å². The van der Waals surface area contributed by atoms with Gasteiger partial charge >= 0.3 is 5.97 Å². The van der Waals surface area contributed by atoms with E-state index in [1.165, 1.54) is 25.8 Å². The first-order valence-corrected chi connectivity index (χ1v) is 9.15. The van der Waals surface area contributed by atoms with Crippen LogP contribution < -0.4 is 14.2 Å². The van der Waals surface area contributed by atoms with Gasteiger partial charge in [-0.05, 0) is 25.1 Å². The van der Waals surface area contributed by atoms with Crippen LogP contribution in [0, 0.1) is 6.92 Å². The van der Waals surface area contributed by atoms with Gasteiger partial charge in [-0.2, -0.15) is 5.10 Å². The number of aromatic nitrogens is 5. The summed E-state index contributed by atoms with van der Waals surface area (Å²) in [7, 11) is 4.54. The van der Waals surface area contributed by atoms with E-state index in [-0.39, 0.29) is 24.0 Å². The molecule has 0 spiro atoms. The predicted molar refractivity (Wildman–Crippen MR) is 106 cm³/mol. The third-order valence-electron chi connectivity index (χ3n) is 4.48. The normalized spacial score (nSPS) is 10.8. The number of hydrogen-bond donors (Lipinski definition) is 0. The molecule has 0 saturated carbocycles. The van der Waals surface area contributed by atoms with Crippen LogP contribution in [0.25, 0.3) is 17.1 Å². The highest BCUT2D eigenvalue weighted by Crippen LogP contribution is 2.40. The van der Waals surface area contributed by atoms with Crippen LogP contribution in [0.3, 0.4) is 0 Å². The number of methoxy groups -OCH3 is 3. The molecular weight excluding hydrogens is 406 g/mol. The first-order valence-electron chi connectivity index (χ1n) is 9.15. The maximum atomic E-state index is 12.6. The summed E-state index contributed by atoms with van der Waals surface area (Å²) in [4.78, 5) is 16.8. The Morgan fingerprint density at radius 2 is 1.84 bits per heavy atom. The molecule has 160 valence electrons. The van der Waals surface area contributed by atoms with E-state index in [0.29, 0.717) is 34.2 Å². The number of esters is 1. The molecular formula is C20H19N5O6. The summed E-state index contributed by atoms with van der Waals surface area (Å²) in [6, 6.07) is 5.08. The lowest BCUT2D eigenvalue weighted by Crippen LogP contribution is -2.07. The van der Waals surface area contributed by atoms with Gasteiger partial charge in [0.25, 0.3) is 5.89 Å². The molecule has 0 aliphatic rings. The van der Waals surface area contributed by atoms with E-state index in [9.17, 15) is 4.79 Å². The van der Waals surface area contributed by atoms with Crippen LogP contribution in [0.4, 0.5) is 0 Å². The van der Waals surface area contributed by atoms with Crippen molar-refractivity contribution in [1.29, 1.82) is 0 Å². The van der Waals surface area contributed by atoms with Gasteiger partial charge in [-0.1, -0.05) is 0 Å². The molecule has 31 heavy (non-hydrogen) atoms. The predicted octanol–water partition coefficient (Wildman–Crippen LogP) is 2.47. The number of aryl methyl sites for hydroxylation is 1. The fourth-order valence-electron chi connectivity index (χ4n) is 3.07. The maximum Gasteiger partial charge on any atom is 0.344 e. The fraction of sp³-hybridized carbons (Fsp3) is 0.250. The van der Waals surface area contributed by atoms with Crippen LogP contribution >= 0.6 is 0 Å². The molecule has 3 aromatic heterocycles. The highest BCUT2D eigenvalue weighted by atomic mass is 16.5. The second-order valence-corrected chi connectivity index (χ2v) is 6.34. The minimum absolute atomic E-state index is 0.124. The van der Waals surface area contributed by atoms with Crippen molar-refractivity contribution in [3.8, 4) is 28.7 Å². The number of benzene rings is 1. The third kappa shape index (κ3) is 3.72. The molecule has 0 unspecified atom stereocenters. The molecule has 4 aromatic rings. The third-order valence-corrected chi connectivity index (χ3v) is 4.48. The van der Waals surface area contributed by atoms with E-state index in [1.807, 2.05) is 0 Å². The Labute approximate surface area is 176 Å². The molecule has 4 rings (SSSR count). The van der Waals surface area contributed by atoms with Gasteiger partial charge in [0.05, 0.1) is 27.0 Å². The van der Waals surface area contributed by atoms with Crippen molar-refractivity contribution in [1.82, 2.24) is 24.8 Å². The molecule has 0 bridgehead atoms. The zero-order chi connectivity index (χ0) is 22.0. The monoisotopic (exact) mass is 425 g/mol. The molecule has 11 nitrogen and oxygen atoms in total. The molecule has 0 aliphatic heterocycles. The van der Waals surface area contributed by atoms with Gasteiger partial charge in [-0.15, -0.1) is 10.2 Å².